The molecule has 17 heavy (non-hydrogen) atoms. The van der Waals surface area contributed by atoms with E-state index in [1.165, 1.54) is 5.75 Å². The van der Waals surface area contributed by atoms with E-state index in [0.717, 1.165) is 28.5 Å². The lowest BCUT2D eigenvalue weighted by molar-refractivity contribution is 0.122. The molecule has 1 saturated heterocycles. The number of benzene rings is 1. The second-order valence-electron chi connectivity index (χ2n) is 4.52. The van der Waals surface area contributed by atoms with Crippen LogP contribution in [-0.2, 0) is 0 Å². The molecule has 2 aromatic rings. The van der Waals surface area contributed by atoms with Crippen LogP contribution >= 0.6 is 11.8 Å². The molecule has 1 fully saturated rings. The summed E-state index contributed by atoms with van der Waals surface area (Å²) in [5, 5.41) is 12.7. The minimum atomic E-state index is -0.372. The molecular weight excluding hydrogens is 230 g/mol. The van der Waals surface area contributed by atoms with Gasteiger partial charge in [0.25, 0.3) is 0 Å². The predicted molar refractivity (Wildman–Crippen MR) is 72.1 cm³/mol. The lowest BCUT2D eigenvalue weighted by atomic mass is 9.93. The summed E-state index contributed by atoms with van der Waals surface area (Å²) < 4.78 is 0. The molecule has 0 aliphatic carbocycles. The summed E-state index contributed by atoms with van der Waals surface area (Å²) in [6.45, 7) is 0. The van der Waals surface area contributed by atoms with Crippen LogP contribution in [0.5, 0.6) is 0 Å². The minimum absolute atomic E-state index is 0.372. The Hall–Kier alpha value is -1.06. The number of thioether (sulfide) groups is 1. The van der Waals surface area contributed by atoms with Crippen molar-refractivity contribution in [3.8, 4) is 0 Å². The van der Waals surface area contributed by atoms with E-state index in [9.17, 15) is 5.11 Å². The number of nitrogens with zero attached hydrogens (tertiary/aromatic N) is 1. The van der Waals surface area contributed by atoms with Gasteiger partial charge in [0.15, 0.2) is 0 Å². The summed E-state index contributed by atoms with van der Waals surface area (Å²) >= 11 is 1.93. The van der Waals surface area contributed by atoms with E-state index in [2.05, 4.69) is 11.1 Å². The number of fused-ring (bicyclic) bond motifs is 1. The number of aliphatic hydroxyl groups excluding tert-OH is 1. The molecule has 1 aromatic carbocycles. The van der Waals surface area contributed by atoms with E-state index in [4.69, 9.17) is 0 Å². The van der Waals surface area contributed by atoms with Crippen molar-refractivity contribution in [1.29, 1.82) is 0 Å². The maximum Gasteiger partial charge on any atom is 0.0847 e. The maximum absolute atomic E-state index is 10.5. The Morgan fingerprint density at radius 1 is 1.29 bits per heavy atom. The van der Waals surface area contributed by atoms with Crippen LogP contribution in [-0.4, -0.2) is 21.6 Å². The van der Waals surface area contributed by atoms with Crippen molar-refractivity contribution in [1.82, 2.24) is 4.98 Å². The van der Waals surface area contributed by atoms with E-state index in [-0.39, 0.29) is 6.10 Å². The van der Waals surface area contributed by atoms with Gasteiger partial charge >= 0.3 is 0 Å². The van der Waals surface area contributed by atoms with Gasteiger partial charge in [-0.1, -0.05) is 24.3 Å². The quantitative estimate of drug-likeness (QED) is 0.883. The molecule has 0 radical (unpaired) electrons. The first-order valence-electron chi connectivity index (χ1n) is 5.95. The Labute approximate surface area is 105 Å². The van der Waals surface area contributed by atoms with Gasteiger partial charge in [-0.05, 0) is 29.2 Å². The molecule has 1 aliphatic rings. The molecule has 3 rings (SSSR count). The fourth-order valence-electron chi connectivity index (χ4n) is 2.43. The zero-order valence-corrected chi connectivity index (χ0v) is 10.4. The zero-order chi connectivity index (χ0) is 11.7. The van der Waals surface area contributed by atoms with Crippen LogP contribution in [0.2, 0.25) is 0 Å². The van der Waals surface area contributed by atoms with Gasteiger partial charge in [0.2, 0.25) is 0 Å². The fraction of sp³-hybridized carbons (Fsp3) is 0.357. The lowest BCUT2D eigenvalue weighted by Gasteiger charge is -2.18. The van der Waals surface area contributed by atoms with E-state index < -0.39 is 0 Å². The number of hydrogen-bond acceptors (Lipinski definition) is 3. The Balaban J connectivity index is 2.04. The Morgan fingerprint density at radius 2 is 2.18 bits per heavy atom. The van der Waals surface area contributed by atoms with Gasteiger partial charge in [0.1, 0.15) is 0 Å². The summed E-state index contributed by atoms with van der Waals surface area (Å²) in [6, 6.07) is 8.13. The van der Waals surface area contributed by atoms with Gasteiger partial charge in [0.05, 0.1) is 6.10 Å². The summed E-state index contributed by atoms with van der Waals surface area (Å²) in [6.07, 6.45) is 4.41. The molecule has 1 aliphatic heterocycles. The molecule has 0 amide bonds. The van der Waals surface area contributed by atoms with Gasteiger partial charge in [-0.25, -0.2) is 0 Å². The predicted octanol–water partition coefficient (Wildman–Crippen LogP) is 3.02. The van der Waals surface area contributed by atoms with Crippen LogP contribution in [0.3, 0.4) is 0 Å². The van der Waals surface area contributed by atoms with E-state index in [1.54, 1.807) is 0 Å². The van der Waals surface area contributed by atoms with Crippen molar-refractivity contribution in [2.24, 2.45) is 5.92 Å². The van der Waals surface area contributed by atoms with E-state index >= 15 is 0 Å². The van der Waals surface area contributed by atoms with Crippen molar-refractivity contribution < 1.29 is 5.11 Å². The van der Waals surface area contributed by atoms with Gasteiger partial charge in [-0.3, -0.25) is 4.98 Å². The Bertz CT molecular complexity index is 517. The first-order valence-corrected chi connectivity index (χ1v) is 7.10. The van der Waals surface area contributed by atoms with E-state index in [1.807, 2.05) is 42.4 Å². The summed E-state index contributed by atoms with van der Waals surface area (Å²) in [7, 11) is 0. The molecule has 2 unspecified atom stereocenters. The second-order valence-corrected chi connectivity index (χ2v) is 5.67. The molecule has 2 nitrogen and oxygen atoms in total. The lowest BCUT2D eigenvalue weighted by Crippen LogP contribution is -2.12. The van der Waals surface area contributed by atoms with Gasteiger partial charge in [-0.15, -0.1) is 0 Å². The number of pyridine rings is 1. The highest BCUT2D eigenvalue weighted by atomic mass is 32.2. The molecule has 1 N–H and O–H groups in total. The highest BCUT2D eigenvalue weighted by Crippen LogP contribution is 2.36. The maximum atomic E-state index is 10.5. The monoisotopic (exact) mass is 245 g/mol. The number of rotatable bonds is 2. The SMILES string of the molecule is OC(c1cncc2ccccc12)C1CCSC1. The molecule has 0 saturated carbocycles. The third kappa shape index (κ3) is 2.05. The van der Waals surface area contributed by atoms with Crippen molar-refractivity contribution in [3.63, 3.8) is 0 Å². The van der Waals surface area contributed by atoms with Crippen LogP contribution in [0, 0.1) is 5.92 Å². The molecule has 2 heterocycles. The van der Waals surface area contributed by atoms with Crippen molar-refractivity contribution in [2.75, 3.05) is 11.5 Å². The molecule has 88 valence electrons. The normalized spacial score (nSPS) is 21.8. The largest absolute Gasteiger partial charge is 0.388 e. The highest BCUT2D eigenvalue weighted by Gasteiger charge is 2.26. The third-order valence-electron chi connectivity index (χ3n) is 3.43. The van der Waals surface area contributed by atoms with Gasteiger partial charge < -0.3 is 5.11 Å². The highest BCUT2D eigenvalue weighted by molar-refractivity contribution is 7.99. The van der Waals surface area contributed by atoms with Crippen molar-refractivity contribution in [3.05, 3.63) is 42.2 Å². The summed E-state index contributed by atoms with van der Waals surface area (Å²) in [5.41, 5.74) is 0.982. The minimum Gasteiger partial charge on any atom is -0.388 e. The second kappa shape index (κ2) is 4.67. The Kier molecular flexibility index (Phi) is 3.04. The molecule has 1 aromatic heterocycles. The van der Waals surface area contributed by atoms with Crippen LogP contribution in [0.1, 0.15) is 18.1 Å². The molecule has 2 atom stereocenters. The average Bonchev–Trinajstić information content (AvgIpc) is 2.91. The van der Waals surface area contributed by atoms with Gasteiger partial charge in [0, 0.05) is 23.3 Å². The molecule has 0 bridgehead atoms. The average molecular weight is 245 g/mol. The van der Waals surface area contributed by atoms with Gasteiger partial charge in [-0.2, -0.15) is 11.8 Å². The van der Waals surface area contributed by atoms with Crippen LogP contribution in [0.15, 0.2) is 36.7 Å². The number of aliphatic hydroxyl groups is 1. The van der Waals surface area contributed by atoms with Crippen LogP contribution in [0.25, 0.3) is 10.8 Å². The fourth-order valence-corrected chi connectivity index (χ4v) is 3.72. The van der Waals surface area contributed by atoms with Crippen molar-refractivity contribution >= 4 is 22.5 Å². The first kappa shape index (κ1) is 11.1. The van der Waals surface area contributed by atoms with E-state index in [0.29, 0.717) is 5.92 Å². The molecule has 0 spiro atoms. The topological polar surface area (TPSA) is 33.1 Å². The van der Waals surface area contributed by atoms with Crippen molar-refractivity contribution in [2.45, 2.75) is 12.5 Å². The third-order valence-corrected chi connectivity index (χ3v) is 4.62. The molecule has 3 heteroatoms. The number of hydrogen-bond donors (Lipinski definition) is 1. The standard InChI is InChI=1S/C14H15NOS/c16-14(11-5-6-17-9-11)13-8-15-7-10-3-1-2-4-12(10)13/h1-4,7-8,11,14,16H,5-6,9H2. The smallest absolute Gasteiger partial charge is 0.0847 e. The number of aromatic nitrogens is 1. The summed E-state index contributed by atoms with van der Waals surface area (Å²) in [5.74, 6) is 2.61. The van der Waals surface area contributed by atoms with Crippen LogP contribution in [0.4, 0.5) is 0 Å². The first-order chi connectivity index (χ1) is 8.36. The zero-order valence-electron chi connectivity index (χ0n) is 9.54. The Morgan fingerprint density at radius 3 is 3.00 bits per heavy atom. The van der Waals surface area contributed by atoms with Crippen LogP contribution < -0.4 is 0 Å². The molecular formula is C14H15NOS. The summed E-state index contributed by atoms with van der Waals surface area (Å²) in [4.78, 5) is 4.24.